The maximum absolute atomic E-state index is 12.1. The fourth-order valence-electron chi connectivity index (χ4n) is 2.45. The molecule has 2 rings (SSSR count). The van der Waals surface area contributed by atoms with Crippen LogP contribution in [0.3, 0.4) is 0 Å². The van der Waals surface area contributed by atoms with Gasteiger partial charge in [0, 0.05) is 18.8 Å². The van der Waals surface area contributed by atoms with E-state index in [-0.39, 0.29) is 24.4 Å². The molecule has 1 aromatic rings. The van der Waals surface area contributed by atoms with Crippen LogP contribution in [-0.4, -0.2) is 60.1 Å². The van der Waals surface area contributed by atoms with Crippen LogP contribution < -0.4 is 5.32 Å². The summed E-state index contributed by atoms with van der Waals surface area (Å²) in [6, 6.07) is -0.507. The number of nitrogens with one attached hydrogen (secondary N) is 2. The second-order valence-electron chi connectivity index (χ2n) is 5.20. The van der Waals surface area contributed by atoms with E-state index < -0.39 is 30.5 Å². The van der Waals surface area contributed by atoms with Crippen molar-refractivity contribution >= 4 is 23.9 Å². The Bertz CT molecular complexity index is 694. The lowest BCUT2D eigenvalue weighted by molar-refractivity contribution is -0.130. The smallest absolute Gasteiger partial charge is 0.355 e. The van der Waals surface area contributed by atoms with E-state index in [2.05, 4.69) is 10.3 Å². The molecule has 0 unspecified atom stereocenters. The molecule has 0 atom stereocenters. The van der Waals surface area contributed by atoms with Crippen LogP contribution >= 0.6 is 0 Å². The summed E-state index contributed by atoms with van der Waals surface area (Å²) in [5.74, 6) is -1.92. The van der Waals surface area contributed by atoms with Gasteiger partial charge < -0.3 is 19.8 Å². The predicted molar refractivity (Wildman–Crippen MR) is 81.6 cm³/mol. The molecule has 0 aliphatic carbocycles. The Morgan fingerprint density at radius 2 is 1.88 bits per heavy atom. The standard InChI is InChI=1S/C15H19N3O6/c1-4-23-13(20)11-8(2)12(17-9(11)3)14(21)24-7-10(19)18-6-5-16-15(18)22/h17H,4-7H2,1-3H3,(H,16,22). The number of urea groups is 1. The van der Waals surface area contributed by atoms with Gasteiger partial charge in [-0.15, -0.1) is 0 Å². The highest BCUT2D eigenvalue weighted by molar-refractivity contribution is 6.00. The highest BCUT2D eigenvalue weighted by Crippen LogP contribution is 2.19. The molecule has 0 radical (unpaired) electrons. The first-order valence-corrected chi connectivity index (χ1v) is 7.48. The summed E-state index contributed by atoms with van der Waals surface area (Å²) in [5, 5.41) is 2.48. The highest BCUT2D eigenvalue weighted by Gasteiger charge is 2.28. The zero-order chi connectivity index (χ0) is 17.9. The third-order valence-corrected chi connectivity index (χ3v) is 3.61. The molecule has 130 valence electrons. The minimum Gasteiger partial charge on any atom is -0.462 e. The van der Waals surface area contributed by atoms with Crippen molar-refractivity contribution in [3.05, 3.63) is 22.5 Å². The minimum atomic E-state index is -0.779. The van der Waals surface area contributed by atoms with Crippen molar-refractivity contribution in [3.63, 3.8) is 0 Å². The maximum Gasteiger partial charge on any atom is 0.355 e. The lowest BCUT2D eigenvalue weighted by Gasteiger charge is -2.12. The van der Waals surface area contributed by atoms with Crippen LogP contribution in [0.15, 0.2) is 0 Å². The first kappa shape index (κ1) is 17.5. The summed E-state index contributed by atoms with van der Waals surface area (Å²) in [6.45, 7) is 5.18. The van der Waals surface area contributed by atoms with Gasteiger partial charge in [0.25, 0.3) is 5.91 Å². The molecular formula is C15H19N3O6. The van der Waals surface area contributed by atoms with E-state index in [1.54, 1.807) is 20.8 Å². The number of rotatable bonds is 5. The second-order valence-corrected chi connectivity index (χ2v) is 5.20. The average molecular weight is 337 g/mol. The molecule has 0 spiro atoms. The van der Waals surface area contributed by atoms with Gasteiger partial charge in [-0.1, -0.05) is 0 Å². The second kappa shape index (κ2) is 7.16. The molecule has 9 heteroatoms. The summed E-state index contributed by atoms with van der Waals surface area (Å²) in [6.07, 6.45) is 0. The zero-order valence-electron chi connectivity index (χ0n) is 13.7. The summed E-state index contributed by atoms with van der Waals surface area (Å²) in [5.41, 5.74) is 1.22. The van der Waals surface area contributed by atoms with Gasteiger partial charge in [-0.05, 0) is 26.3 Å². The molecule has 0 aromatic carbocycles. The molecule has 3 amide bonds. The molecule has 0 saturated carbocycles. The van der Waals surface area contributed by atoms with E-state index in [1.807, 2.05) is 0 Å². The van der Waals surface area contributed by atoms with Gasteiger partial charge >= 0.3 is 18.0 Å². The predicted octanol–water partition coefficient (Wildman–Crippen LogP) is 0.517. The van der Waals surface area contributed by atoms with Crippen molar-refractivity contribution in [1.82, 2.24) is 15.2 Å². The molecule has 2 N–H and O–H groups in total. The van der Waals surface area contributed by atoms with E-state index in [9.17, 15) is 19.2 Å². The number of hydrogen-bond acceptors (Lipinski definition) is 6. The number of amides is 3. The average Bonchev–Trinajstić information content (AvgIpc) is 3.08. The van der Waals surface area contributed by atoms with Crippen LogP contribution in [0.2, 0.25) is 0 Å². The number of ether oxygens (including phenoxy) is 2. The van der Waals surface area contributed by atoms with Gasteiger partial charge in [-0.2, -0.15) is 0 Å². The van der Waals surface area contributed by atoms with Crippen LogP contribution in [0.1, 0.15) is 39.0 Å². The lowest BCUT2D eigenvalue weighted by Crippen LogP contribution is -2.37. The Balaban J connectivity index is 2.05. The van der Waals surface area contributed by atoms with Crippen molar-refractivity contribution in [2.24, 2.45) is 0 Å². The minimum absolute atomic E-state index is 0.0780. The van der Waals surface area contributed by atoms with Crippen LogP contribution in [0.4, 0.5) is 4.79 Å². The summed E-state index contributed by atoms with van der Waals surface area (Å²) < 4.78 is 9.89. The third kappa shape index (κ3) is 3.39. The lowest BCUT2D eigenvalue weighted by atomic mass is 10.1. The van der Waals surface area contributed by atoms with Crippen molar-refractivity contribution in [3.8, 4) is 0 Å². The Labute approximate surface area is 138 Å². The van der Waals surface area contributed by atoms with E-state index in [0.29, 0.717) is 17.8 Å². The Kier molecular flexibility index (Phi) is 5.22. The van der Waals surface area contributed by atoms with Gasteiger partial charge in [0.05, 0.1) is 12.2 Å². The topological polar surface area (TPSA) is 118 Å². The van der Waals surface area contributed by atoms with Crippen molar-refractivity contribution in [1.29, 1.82) is 0 Å². The quantitative estimate of drug-likeness (QED) is 0.756. The number of aryl methyl sites for hydroxylation is 1. The molecule has 1 aliphatic rings. The Hall–Kier alpha value is -2.84. The van der Waals surface area contributed by atoms with E-state index in [4.69, 9.17) is 9.47 Å². The largest absolute Gasteiger partial charge is 0.462 e. The summed E-state index contributed by atoms with van der Waals surface area (Å²) in [7, 11) is 0. The number of aromatic amines is 1. The molecule has 1 aliphatic heterocycles. The summed E-state index contributed by atoms with van der Waals surface area (Å²) in [4.78, 5) is 51.0. The van der Waals surface area contributed by atoms with Gasteiger partial charge in [-0.3, -0.25) is 9.69 Å². The first-order chi connectivity index (χ1) is 11.4. The van der Waals surface area contributed by atoms with Crippen molar-refractivity contribution in [2.45, 2.75) is 20.8 Å². The molecule has 2 heterocycles. The first-order valence-electron chi connectivity index (χ1n) is 7.48. The van der Waals surface area contributed by atoms with E-state index >= 15 is 0 Å². The molecule has 9 nitrogen and oxygen atoms in total. The normalized spacial score (nSPS) is 13.6. The monoisotopic (exact) mass is 337 g/mol. The zero-order valence-corrected chi connectivity index (χ0v) is 13.7. The molecular weight excluding hydrogens is 318 g/mol. The van der Waals surface area contributed by atoms with Crippen LogP contribution in [0.5, 0.6) is 0 Å². The number of carbonyl (C=O) groups excluding carboxylic acids is 4. The molecule has 1 fully saturated rings. The molecule has 24 heavy (non-hydrogen) atoms. The number of imide groups is 1. The van der Waals surface area contributed by atoms with Gasteiger partial charge in [0.15, 0.2) is 6.61 Å². The fourth-order valence-corrected chi connectivity index (χ4v) is 2.45. The number of hydrogen-bond donors (Lipinski definition) is 2. The van der Waals surface area contributed by atoms with Crippen molar-refractivity contribution in [2.75, 3.05) is 26.3 Å². The Morgan fingerprint density at radius 3 is 2.46 bits per heavy atom. The van der Waals surface area contributed by atoms with Crippen LogP contribution in [0, 0.1) is 13.8 Å². The number of esters is 2. The molecule has 1 aromatic heterocycles. The SMILES string of the molecule is CCOC(=O)c1c(C)[nH]c(C(=O)OCC(=O)N2CCNC2=O)c1C. The molecule has 1 saturated heterocycles. The highest BCUT2D eigenvalue weighted by atomic mass is 16.5. The number of aromatic nitrogens is 1. The van der Waals surface area contributed by atoms with Gasteiger partial charge in [-0.25, -0.2) is 14.4 Å². The van der Waals surface area contributed by atoms with Gasteiger partial charge in [0.1, 0.15) is 5.69 Å². The van der Waals surface area contributed by atoms with Gasteiger partial charge in [0.2, 0.25) is 0 Å². The summed E-state index contributed by atoms with van der Waals surface area (Å²) >= 11 is 0. The van der Waals surface area contributed by atoms with Crippen LogP contribution in [-0.2, 0) is 14.3 Å². The maximum atomic E-state index is 12.1. The van der Waals surface area contributed by atoms with E-state index in [1.165, 1.54) is 0 Å². The van der Waals surface area contributed by atoms with Crippen molar-refractivity contribution < 1.29 is 28.7 Å². The number of H-pyrrole nitrogens is 1. The van der Waals surface area contributed by atoms with E-state index in [0.717, 1.165) is 4.90 Å². The van der Waals surface area contributed by atoms with Crippen LogP contribution in [0.25, 0.3) is 0 Å². The number of nitrogens with zero attached hydrogens (tertiary/aromatic N) is 1. The molecule has 0 bridgehead atoms. The third-order valence-electron chi connectivity index (χ3n) is 3.61. The number of carbonyl (C=O) groups is 4. The fraction of sp³-hybridized carbons (Fsp3) is 0.467. The Morgan fingerprint density at radius 1 is 1.17 bits per heavy atom.